The summed E-state index contributed by atoms with van der Waals surface area (Å²) in [7, 11) is 2.94. The normalized spacial score (nSPS) is 10.3. The van der Waals surface area contributed by atoms with Crippen molar-refractivity contribution in [1.82, 2.24) is 0 Å². The Labute approximate surface area is 134 Å². The van der Waals surface area contributed by atoms with Gasteiger partial charge >= 0.3 is 0 Å². The molecule has 0 N–H and O–H groups in total. The van der Waals surface area contributed by atoms with Crippen LogP contribution in [0.1, 0.15) is 15.9 Å². The smallest absolute Gasteiger partial charge is 0.199 e. The van der Waals surface area contributed by atoms with E-state index in [-0.39, 0.29) is 16.1 Å². The van der Waals surface area contributed by atoms with Gasteiger partial charge in [-0.3, -0.25) is 4.79 Å². The zero-order valence-corrected chi connectivity index (χ0v) is 13.6. The van der Waals surface area contributed by atoms with Gasteiger partial charge in [-0.1, -0.05) is 17.7 Å². The van der Waals surface area contributed by atoms with Gasteiger partial charge in [0, 0.05) is 16.1 Å². The third kappa shape index (κ3) is 3.04. The van der Waals surface area contributed by atoms with E-state index in [9.17, 15) is 9.18 Å². The number of carbonyl (C=O) groups is 1. The number of hydrogen-bond donors (Lipinski definition) is 0. The molecule has 0 unspecified atom stereocenters. The summed E-state index contributed by atoms with van der Waals surface area (Å²) in [6.07, 6.45) is 0. The van der Waals surface area contributed by atoms with E-state index < -0.39 is 11.6 Å². The second kappa shape index (κ2) is 6.45. The Morgan fingerprint density at radius 3 is 2.57 bits per heavy atom. The topological polar surface area (TPSA) is 35.5 Å². The highest BCUT2D eigenvalue weighted by Gasteiger charge is 2.22. The van der Waals surface area contributed by atoms with Crippen molar-refractivity contribution in [2.45, 2.75) is 0 Å². The van der Waals surface area contributed by atoms with Crippen LogP contribution in [0.15, 0.2) is 34.8 Å². The molecule has 110 valence electrons. The maximum absolute atomic E-state index is 13.5. The van der Waals surface area contributed by atoms with Gasteiger partial charge in [0.15, 0.2) is 5.78 Å². The SMILES string of the molecule is COc1cc(Br)c(C(=O)c2cccc(F)c2Cl)c(OC)c1. The fourth-order valence-corrected chi connectivity index (χ4v) is 2.68. The van der Waals surface area contributed by atoms with Crippen molar-refractivity contribution in [3.8, 4) is 11.5 Å². The highest BCUT2D eigenvalue weighted by atomic mass is 79.9. The zero-order valence-electron chi connectivity index (χ0n) is 11.2. The van der Waals surface area contributed by atoms with Crippen LogP contribution in [-0.2, 0) is 0 Å². The van der Waals surface area contributed by atoms with E-state index in [0.717, 1.165) is 0 Å². The summed E-state index contributed by atoms with van der Waals surface area (Å²) in [6.45, 7) is 0. The monoisotopic (exact) mass is 372 g/mol. The maximum atomic E-state index is 13.5. The fraction of sp³-hybridized carbons (Fsp3) is 0.133. The average molecular weight is 374 g/mol. The molecule has 0 saturated heterocycles. The van der Waals surface area contributed by atoms with Crippen LogP contribution in [0.25, 0.3) is 0 Å². The van der Waals surface area contributed by atoms with E-state index in [2.05, 4.69) is 15.9 Å². The Balaban J connectivity index is 2.60. The third-order valence-corrected chi connectivity index (χ3v) is 3.92. The third-order valence-electron chi connectivity index (χ3n) is 2.91. The van der Waals surface area contributed by atoms with Crippen LogP contribution >= 0.6 is 27.5 Å². The lowest BCUT2D eigenvalue weighted by molar-refractivity contribution is 0.103. The Hall–Kier alpha value is -1.59. The fourth-order valence-electron chi connectivity index (χ4n) is 1.87. The summed E-state index contributed by atoms with van der Waals surface area (Å²) < 4.78 is 24.3. The largest absolute Gasteiger partial charge is 0.497 e. The maximum Gasteiger partial charge on any atom is 0.199 e. The van der Waals surface area contributed by atoms with Gasteiger partial charge in [0.2, 0.25) is 0 Å². The molecule has 0 bridgehead atoms. The van der Waals surface area contributed by atoms with E-state index in [1.807, 2.05) is 0 Å². The van der Waals surface area contributed by atoms with Crippen molar-refractivity contribution in [2.24, 2.45) is 0 Å². The van der Waals surface area contributed by atoms with Gasteiger partial charge in [0.1, 0.15) is 17.3 Å². The molecule has 0 spiro atoms. The molecule has 0 radical (unpaired) electrons. The minimum atomic E-state index is -0.647. The first-order chi connectivity index (χ1) is 9.99. The summed E-state index contributed by atoms with van der Waals surface area (Å²) in [6, 6.07) is 7.29. The first kappa shape index (κ1) is 15.8. The minimum Gasteiger partial charge on any atom is -0.497 e. The molecule has 0 aromatic heterocycles. The molecule has 0 saturated carbocycles. The Bertz CT molecular complexity index is 704. The molecule has 0 fully saturated rings. The van der Waals surface area contributed by atoms with E-state index in [0.29, 0.717) is 16.0 Å². The number of hydrogen-bond acceptors (Lipinski definition) is 3. The number of methoxy groups -OCH3 is 2. The average Bonchev–Trinajstić information content (AvgIpc) is 2.48. The number of rotatable bonds is 4. The number of halogens is 3. The molecule has 0 aliphatic heterocycles. The Morgan fingerprint density at radius 1 is 1.24 bits per heavy atom. The summed E-state index contributed by atoms with van der Waals surface area (Å²) in [4.78, 5) is 12.6. The molecule has 0 heterocycles. The molecule has 0 amide bonds. The second-order valence-corrected chi connectivity index (χ2v) is 5.35. The zero-order chi connectivity index (χ0) is 15.6. The summed E-state index contributed by atoms with van der Waals surface area (Å²) in [5, 5.41) is -0.215. The predicted molar refractivity (Wildman–Crippen MR) is 82.1 cm³/mol. The van der Waals surface area contributed by atoms with Gasteiger partial charge in [-0.2, -0.15) is 0 Å². The summed E-state index contributed by atoms with van der Waals surface area (Å²) in [5.74, 6) is -0.246. The van der Waals surface area contributed by atoms with Crippen LogP contribution in [0.3, 0.4) is 0 Å². The van der Waals surface area contributed by atoms with E-state index in [1.165, 1.54) is 32.4 Å². The first-order valence-electron chi connectivity index (χ1n) is 5.89. The van der Waals surface area contributed by atoms with E-state index in [1.54, 1.807) is 12.1 Å². The molecule has 2 aromatic carbocycles. The van der Waals surface area contributed by atoms with Crippen LogP contribution in [0.2, 0.25) is 5.02 Å². The van der Waals surface area contributed by atoms with Gasteiger partial charge < -0.3 is 9.47 Å². The first-order valence-corrected chi connectivity index (χ1v) is 7.07. The van der Waals surface area contributed by atoms with Crippen molar-refractivity contribution in [1.29, 1.82) is 0 Å². The van der Waals surface area contributed by atoms with Crippen LogP contribution < -0.4 is 9.47 Å². The van der Waals surface area contributed by atoms with Crippen molar-refractivity contribution >= 4 is 33.3 Å². The molecule has 21 heavy (non-hydrogen) atoms. The molecule has 6 heteroatoms. The molecule has 3 nitrogen and oxygen atoms in total. The van der Waals surface area contributed by atoms with E-state index in [4.69, 9.17) is 21.1 Å². The van der Waals surface area contributed by atoms with E-state index >= 15 is 0 Å². The van der Waals surface area contributed by atoms with Crippen molar-refractivity contribution in [3.63, 3.8) is 0 Å². The lowest BCUT2D eigenvalue weighted by atomic mass is 10.0. The molecule has 0 atom stereocenters. The van der Waals surface area contributed by atoms with Crippen molar-refractivity contribution in [3.05, 3.63) is 56.8 Å². The number of ether oxygens (including phenoxy) is 2. The molecular formula is C15H11BrClFO3. The van der Waals surface area contributed by atoms with Crippen LogP contribution in [0.5, 0.6) is 11.5 Å². The molecular weight excluding hydrogens is 363 g/mol. The van der Waals surface area contributed by atoms with Gasteiger partial charge in [0.05, 0.1) is 24.8 Å². The standard InChI is InChI=1S/C15H11BrClFO3/c1-20-8-6-10(16)13(12(7-8)21-2)15(19)9-4-3-5-11(18)14(9)17/h3-7H,1-2H3. The lowest BCUT2D eigenvalue weighted by Gasteiger charge is -2.13. The molecule has 0 aliphatic carbocycles. The summed E-state index contributed by atoms with van der Waals surface area (Å²) in [5.41, 5.74) is 0.326. The Morgan fingerprint density at radius 2 is 1.95 bits per heavy atom. The van der Waals surface area contributed by atoms with Crippen molar-refractivity contribution < 1.29 is 18.7 Å². The lowest BCUT2D eigenvalue weighted by Crippen LogP contribution is -2.07. The predicted octanol–water partition coefficient (Wildman–Crippen LogP) is 4.49. The van der Waals surface area contributed by atoms with Crippen LogP contribution in [0.4, 0.5) is 4.39 Å². The van der Waals surface area contributed by atoms with Gasteiger partial charge in [-0.15, -0.1) is 0 Å². The molecule has 0 aliphatic rings. The van der Waals surface area contributed by atoms with Gasteiger partial charge in [-0.25, -0.2) is 4.39 Å². The number of ketones is 1. The van der Waals surface area contributed by atoms with Gasteiger partial charge in [-0.05, 0) is 34.1 Å². The summed E-state index contributed by atoms with van der Waals surface area (Å²) >= 11 is 9.17. The number of benzene rings is 2. The van der Waals surface area contributed by atoms with Gasteiger partial charge in [0.25, 0.3) is 0 Å². The Kier molecular flexibility index (Phi) is 4.85. The van der Waals surface area contributed by atoms with Crippen LogP contribution in [0, 0.1) is 5.82 Å². The van der Waals surface area contributed by atoms with Crippen molar-refractivity contribution in [2.75, 3.05) is 14.2 Å². The number of carbonyl (C=O) groups excluding carboxylic acids is 1. The van der Waals surface area contributed by atoms with Crippen LogP contribution in [-0.4, -0.2) is 20.0 Å². The highest BCUT2D eigenvalue weighted by Crippen LogP contribution is 2.35. The molecule has 2 aromatic rings. The minimum absolute atomic E-state index is 0.0702. The quantitative estimate of drug-likeness (QED) is 0.741. The highest BCUT2D eigenvalue weighted by molar-refractivity contribution is 9.10. The molecule has 2 rings (SSSR count). The second-order valence-electron chi connectivity index (χ2n) is 4.12.